The standard InChI is InChI=1S/C12H24N2O/c1-3-5-10(6-4-2)13-9-11-7-8-12(15)14-11/h10-11,13H,3-9H2,1-2H3,(H,14,15). The molecule has 3 nitrogen and oxygen atoms in total. The van der Waals surface area contributed by atoms with Gasteiger partial charge in [-0.2, -0.15) is 0 Å². The summed E-state index contributed by atoms with van der Waals surface area (Å²) in [5.74, 6) is 0.212. The van der Waals surface area contributed by atoms with Crippen LogP contribution in [-0.2, 0) is 4.79 Å². The van der Waals surface area contributed by atoms with E-state index >= 15 is 0 Å². The smallest absolute Gasteiger partial charge is 0.220 e. The van der Waals surface area contributed by atoms with E-state index < -0.39 is 0 Å². The number of hydrogen-bond donors (Lipinski definition) is 2. The Hall–Kier alpha value is -0.570. The number of hydrogen-bond acceptors (Lipinski definition) is 2. The van der Waals surface area contributed by atoms with Crippen molar-refractivity contribution in [1.82, 2.24) is 10.6 Å². The first-order chi connectivity index (χ1) is 7.26. The molecule has 0 aromatic carbocycles. The predicted octanol–water partition coefficient (Wildman–Crippen LogP) is 1.82. The van der Waals surface area contributed by atoms with E-state index in [9.17, 15) is 4.79 Å². The van der Waals surface area contributed by atoms with E-state index in [2.05, 4.69) is 24.5 Å². The van der Waals surface area contributed by atoms with Crippen LogP contribution in [0.15, 0.2) is 0 Å². The topological polar surface area (TPSA) is 41.1 Å². The highest BCUT2D eigenvalue weighted by Crippen LogP contribution is 2.08. The van der Waals surface area contributed by atoms with E-state index in [1.54, 1.807) is 0 Å². The van der Waals surface area contributed by atoms with E-state index in [-0.39, 0.29) is 5.91 Å². The molecule has 1 rings (SSSR count). The summed E-state index contributed by atoms with van der Waals surface area (Å²) >= 11 is 0. The van der Waals surface area contributed by atoms with Crippen molar-refractivity contribution < 1.29 is 4.79 Å². The Morgan fingerprint density at radius 3 is 2.53 bits per heavy atom. The Morgan fingerprint density at radius 2 is 2.07 bits per heavy atom. The molecule has 1 amide bonds. The molecule has 1 aliphatic heterocycles. The van der Waals surface area contributed by atoms with Crippen LogP contribution in [0.3, 0.4) is 0 Å². The first-order valence-electron chi connectivity index (χ1n) is 6.29. The fraction of sp³-hybridized carbons (Fsp3) is 0.917. The maximum Gasteiger partial charge on any atom is 0.220 e. The largest absolute Gasteiger partial charge is 0.352 e. The molecule has 2 N–H and O–H groups in total. The fourth-order valence-electron chi connectivity index (χ4n) is 2.18. The van der Waals surface area contributed by atoms with Gasteiger partial charge in [0.15, 0.2) is 0 Å². The summed E-state index contributed by atoms with van der Waals surface area (Å²) in [4.78, 5) is 11.0. The number of nitrogens with one attached hydrogen (secondary N) is 2. The average Bonchev–Trinajstić information content (AvgIpc) is 2.61. The molecule has 1 saturated heterocycles. The van der Waals surface area contributed by atoms with Gasteiger partial charge in [0.25, 0.3) is 0 Å². The summed E-state index contributed by atoms with van der Waals surface area (Å²) in [6.45, 7) is 5.39. The second-order valence-electron chi connectivity index (χ2n) is 4.49. The minimum absolute atomic E-state index is 0.212. The Kier molecular flexibility index (Phi) is 5.69. The lowest BCUT2D eigenvalue weighted by atomic mass is 10.1. The van der Waals surface area contributed by atoms with Gasteiger partial charge in [-0.1, -0.05) is 26.7 Å². The summed E-state index contributed by atoms with van der Waals surface area (Å²) in [7, 11) is 0. The van der Waals surface area contributed by atoms with Gasteiger partial charge in [-0.15, -0.1) is 0 Å². The lowest BCUT2D eigenvalue weighted by Crippen LogP contribution is -2.40. The highest BCUT2D eigenvalue weighted by atomic mass is 16.1. The number of rotatable bonds is 7. The van der Waals surface area contributed by atoms with Gasteiger partial charge >= 0.3 is 0 Å². The van der Waals surface area contributed by atoms with Gasteiger partial charge in [-0.3, -0.25) is 4.79 Å². The molecule has 1 atom stereocenters. The van der Waals surface area contributed by atoms with Crippen molar-refractivity contribution in [2.24, 2.45) is 0 Å². The molecule has 1 fully saturated rings. The molecule has 0 aliphatic carbocycles. The monoisotopic (exact) mass is 212 g/mol. The zero-order valence-corrected chi connectivity index (χ0v) is 10.0. The second-order valence-corrected chi connectivity index (χ2v) is 4.49. The van der Waals surface area contributed by atoms with Crippen LogP contribution >= 0.6 is 0 Å². The summed E-state index contributed by atoms with van der Waals surface area (Å²) in [6.07, 6.45) is 6.65. The van der Waals surface area contributed by atoms with Crippen molar-refractivity contribution in [3.05, 3.63) is 0 Å². The van der Waals surface area contributed by atoms with Crippen LogP contribution in [0.5, 0.6) is 0 Å². The Balaban J connectivity index is 2.17. The maximum absolute atomic E-state index is 11.0. The van der Waals surface area contributed by atoms with Crippen LogP contribution in [0.25, 0.3) is 0 Å². The second kappa shape index (κ2) is 6.83. The van der Waals surface area contributed by atoms with E-state index in [1.807, 2.05) is 0 Å². The molecule has 3 heteroatoms. The van der Waals surface area contributed by atoms with Gasteiger partial charge < -0.3 is 10.6 Å². The molecule has 0 bridgehead atoms. The summed E-state index contributed by atoms with van der Waals surface area (Å²) in [6, 6.07) is 1.01. The van der Waals surface area contributed by atoms with Crippen molar-refractivity contribution >= 4 is 5.91 Å². The minimum atomic E-state index is 0.212. The van der Waals surface area contributed by atoms with E-state index in [0.29, 0.717) is 18.5 Å². The first kappa shape index (κ1) is 12.5. The van der Waals surface area contributed by atoms with Crippen LogP contribution in [0, 0.1) is 0 Å². The minimum Gasteiger partial charge on any atom is -0.352 e. The molecular formula is C12H24N2O. The van der Waals surface area contributed by atoms with Gasteiger partial charge in [0.1, 0.15) is 0 Å². The van der Waals surface area contributed by atoms with Crippen LogP contribution in [0.1, 0.15) is 52.4 Å². The van der Waals surface area contributed by atoms with Gasteiger partial charge in [0.2, 0.25) is 5.91 Å². The molecule has 0 aromatic heterocycles. The highest BCUT2D eigenvalue weighted by Gasteiger charge is 2.20. The van der Waals surface area contributed by atoms with Crippen LogP contribution in [-0.4, -0.2) is 24.5 Å². The van der Waals surface area contributed by atoms with Crippen molar-refractivity contribution in [3.8, 4) is 0 Å². The molecule has 15 heavy (non-hydrogen) atoms. The lowest BCUT2D eigenvalue weighted by molar-refractivity contribution is -0.119. The third-order valence-corrected chi connectivity index (χ3v) is 3.01. The fourth-order valence-corrected chi connectivity index (χ4v) is 2.18. The third kappa shape index (κ3) is 4.65. The molecule has 0 spiro atoms. The molecule has 0 saturated carbocycles. The molecule has 1 heterocycles. The van der Waals surface area contributed by atoms with Gasteiger partial charge in [0.05, 0.1) is 0 Å². The van der Waals surface area contributed by atoms with Crippen LogP contribution in [0.2, 0.25) is 0 Å². The molecule has 1 unspecified atom stereocenters. The zero-order chi connectivity index (χ0) is 11.1. The Morgan fingerprint density at radius 1 is 1.40 bits per heavy atom. The van der Waals surface area contributed by atoms with Crippen LogP contribution in [0.4, 0.5) is 0 Å². The third-order valence-electron chi connectivity index (χ3n) is 3.01. The van der Waals surface area contributed by atoms with Gasteiger partial charge in [0, 0.05) is 25.0 Å². The molecule has 0 radical (unpaired) electrons. The number of carbonyl (C=O) groups excluding carboxylic acids is 1. The van der Waals surface area contributed by atoms with Crippen LogP contribution < -0.4 is 10.6 Å². The Bertz CT molecular complexity index is 188. The molecule has 1 aliphatic rings. The average molecular weight is 212 g/mol. The zero-order valence-electron chi connectivity index (χ0n) is 10.0. The first-order valence-corrected chi connectivity index (χ1v) is 6.29. The molecule has 88 valence electrons. The highest BCUT2D eigenvalue weighted by molar-refractivity contribution is 5.78. The van der Waals surface area contributed by atoms with Gasteiger partial charge in [-0.25, -0.2) is 0 Å². The summed E-state index contributed by atoms with van der Waals surface area (Å²) in [5, 5.41) is 6.56. The van der Waals surface area contributed by atoms with E-state index in [4.69, 9.17) is 0 Å². The normalized spacial score (nSPS) is 21.0. The lowest BCUT2D eigenvalue weighted by Gasteiger charge is -2.20. The van der Waals surface area contributed by atoms with Crippen molar-refractivity contribution in [2.75, 3.05) is 6.54 Å². The summed E-state index contributed by atoms with van der Waals surface area (Å²) in [5.41, 5.74) is 0. The van der Waals surface area contributed by atoms with Crippen molar-refractivity contribution in [1.29, 1.82) is 0 Å². The number of amides is 1. The van der Waals surface area contributed by atoms with E-state index in [0.717, 1.165) is 13.0 Å². The molecule has 0 aromatic rings. The van der Waals surface area contributed by atoms with Crippen molar-refractivity contribution in [2.45, 2.75) is 64.5 Å². The van der Waals surface area contributed by atoms with Crippen molar-refractivity contribution in [3.63, 3.8) is 0 Å². The SMILES string of the molecule is CCCC(CCC)NCC1CCC(=O)N1. The summed E-state index contributed by atoms with van der Waals surface area (Å²) < 4.78 is 0. The van der Waals surface area contributed by atoms with Gasteiger partial charge in [-0.05, 0) is 19.3 Å². The predicted molar refractivity (Wildman–Crippen MR) is 62.8 cm³/mol. The molecular weight excluding hydrogens is 188 g/mol. The quantitative estimate of drug-likeness (QED) is 0.676. The Labute approximate surface area is 93.0 Å². The number of carbonyl (C=O) groups is 1. The van der Waals surface area contributed by atoms with E-state index in [1.165, 1.54) is 25.7 Å². The maximum atomic E-state index is 11.0.